The van der Waals surface area contributed by atoms with Gasteiger partial charge in [-0.1, -0.05) is 19.8 Å². The lowest BCUT2D eigenvalue weighted by Crippen LogP contribution is -2.47. The number of carboxylic acid groups (broad SMARTS) is 1. The molecule has 0 aromatic heterocycles. The molecular formula is C8H17ClN2O2. The molecule has 13 heavy (non-hydrogen) atoms. The first-order valence-corrected chi connectivity index (χ1v) is 4.97. The van der Waals surface area contributed by atoms with Gasteiger partial charge in [0.15, 0.2) is 0 Å². The van der Waals surface area contributed by atoms with Crippen LogP contribution >= 0.6 is 11.6 Å². The Labute approximate surface area is 83.6 Å². The fourth-order valence-electron chi connectivity index (χ4n) is 0.997. The van der Waals surface area contributed by atoms with Gasteiger partial charge in [0.05, 0.1) is 5.88 Å². The van der Waals surface area contributed by atoms with Gasteiger partial charge in [-0.15, -0.1) is 11.6 Å². The average Bonchev–Trinajstić information content (AvgIpc) is 2.05. The van der Waals surface area contributed by atoms with Gasteiger partial charge in [-0.2, -0.15) is 0 Å². The standard InChI is InChI=1S/C8H17ClN2O2/c1-2-3-4-5-11(10)7(6-9)8(12)13/h7H,2-6,10H2,1H3,(H,12,13). The van der Waals surface area contributed by atoms with Crippen molar-refractivity contribution in [3.8, 4) is 0 Å². The Hall–Kier alpha value is -0.320. The zero-order valence-corrected chi connectivity index (χ0v) is 8.63. The molecule has 0 spiro atoms. The number of hydrazine groups is 1. The van der Waals surface area contributed by atoms with Gasteiger partial charge in [-0.05, 0) is 6.42 Å². The second-order valence-electron chi connectivity index (χ2n) is 2.95. The van der Waals surface area contributed by atoms with Gasteiger partial charge in [-0.3, -0.25) is 10.6 Å². The fraction of sp³-hybridized carbons (Fsp3) is 0.875. The quantitative estimate of drug-likeness (QED) is 0.284. The topological polar surface area (TPSA) is 66.6 Å². The van der Waals surface area contributed by atoms with E-state index in [0.717, 1.165) is 19.3 Å². The second kappa shape index (κ2) is 7.12. The molecule has 5 heteroatoms. The van der Waals surface area contributed by atoms with Crippen LogP contribution in [-0.2, 0) is 4.79 Å². The van der Waals surface area contributed by atoms with Crippen molar-refractivity contribution in [1.29, 1.82) is 0 Å². The minimum absolute atomic E-state index is 0.0258. The summed E-state index contributed by atoms with van der Waals surface area (Å²) >= 11 is 5.47. The molecule has 0 saturated carbocycles. The van der Waals surface area contributed by atoms with Crippen molar-refractivity contribution in [1.82, 2.24) is 5.01 Å². The molecule has 0 amide bonds. The third-order valence-corrected chi connectivity index (χ3v) is 2.14. The summed E-state index contributed by atoms with van der Waals surface area (Å²) in [6.07, 6.45) is 3.06. The van der Waals surface area contributed by atoms with Crippen molar-refractivity contribution < 1.29 is 9.90 Å². The largest absolute Gasteiger partial charge is 0.480 e. The molecule has 0 bridgehead atoms. The second-order valence-corrected chi connectivity index (χ2v) is 3.26. The minimum Gasteiger partial charge on any atom is -0.480 e. The third-order valence-electron chi connectivity index (χ3n) is 1.85. The molecule has 4 nitrogen and oxygen atoms in total. The molecule has 0 fully saturated rings. The lowest BCUT2D eigenvalue weighted by atomic mass is 10.2. The number of halogens is 1. The molecule has 3 N–H and O–H groups in total. The van der Waals surface area contributed by atoms with Crippen LogP contribution < -0.4 is 5.84 Å². The van der Waals surface area contributed by atoms with Gasteiger partial charge in [0.25, 0.3) is 0 Å². The molecule has 78 valence electrons. The number of aliphatic carboxylic acids is 1. The zero-order valence-electron chi connectivity index (χ0n) is 7.87. The van der Waals surface area contributed by atoms with Crippen LogP contribution in [0, 0.1) is 0 Å². The first-order valence-electron chi connectivity index (χ1n) is 4.43. The molecule has 0 aromatic carbocycles. The maximum Gasteiger partial charge on any atom is 0.323 e. The highest BCUT2D eigenvalue weighted by molar-refractivity contribution is 6.19. The molecule has 0 saturated heterocycles. The third kappa shape index (κ3) is 5.08. The van der Waals surface area contributed by atoms with Crippen LogP contribution in [0.3, 0.4) is 0 Å². The lowest BCUT2D eigenvalue weighted by molar-refractivity contribution is -0.142. The number of hydrogen-bond donors (Lipinski definition) is 2. The molecule has 0 aliphatic carbocycles. The van der Waals surface area contributed by atoms with Crippen molar-refractivity contribution in [2.24, 2.45) is 5.84 Å². The SMILES string of the molecule is CCCCCN(N)C(CCl)C(=O)O. The first kappa shape index (κ1) is 12.7. The Morgan fingerprint density at radius 1 is 1.62 bits per heavy atom. The van der Waals surface area contributed by atoms with Crippen molar-refractivity contribution in [2.75, 3.05) is 12.4 Å². The van der Waals surface area contributed by atoms with Gasteiger partial charge in [0.2, 0.25) is 0 Å². The fourth-order valence-corrected chi connectivity index (χ4v) is 1.31. The summed E-state index contributed by atoms with van der Waals surface area (Å²) in [5, 5.41) is 9.99. The van der Waals surface area contributed by atoms with Crippen LogP contribution in [0.4, 0.5) is 0 Å². The van der Waals surface area contributed by atoms with Gasteiger partial charge in [-0.25, -0.2) is 5.01 Å². The number of carbonyl (C=O) groups is 1. The van der Waals surface area contributed by atoms with E-state index < -0.39 is 12.0 Å². The van der Waals surface area contributed by atoms with Crippen LogP contribution in [0.15, 0.2) is 0 Å². The van der Waals surface area contributed by atoms with Crippen LogP contribution in [0.25, 0.3) is 0 Å². The van der Waals surface area contributed by atoms with Gasteiger partial charge in [0, 0.05) is 6.54 Å². The molecule has 0 heterocycles. The van der Waals surface area contributed by atoms with Gasteiger partial charge < -0.3 is 5.11 Å². The predicted octanol–water partition coefficient (Wildman–Crippen LogP) is 1.04. The number of unbranched alkanes of at least 4 members (excludes halogenated alkanes) is 2. The molecule has 0 rings (SSSR count). The lowest BCUT2D eigenvalue weighted by Gasteiger charge is -2.21. The van der Waals surface area contributed by atoms with Crippen LogP contribution in [0.2, 0.25) is 0 Å². The Balaban J connectivity index is 3.77. The van der Waals surface area contributed by atoms with E-state index in [1.54, 1.807) is 0 Å². The van der Waals surface area contributed by atoms with Crippen LogP contribution in [0.1, 0.15) is 26.2 Å². The summed E-state index contributed by atoms with van der Waals surface area (Å²) in [7, 11) is 0. The van der Waals surface area contributed by atoms with Gasteiger partial charge in [0.1, 0.15) is 6.04 Å². The predicted molar refractivity (Wildman–Crippen MR) is 52.6 cm³/mol. The average molecular weight is 209 g/mol. The van der Waals surface area contributed by atoms with E-state index in [9.17, 15) is 4.79 Å². The molecule has 1 unspecified atom stereocenters. The number of carboxylic acids is 1. The summed E-state index contributed by atoms with van der Waals surface area (Å²) in [5.41, 5.74) is 0. The molecule has 0 aliphatic rings. The Morgan fingerprint density at radius 2 is 2.23 bits per heavy atom. The number of rotatable bonds is 7. The Kier molecular flexibility index (Phi) is 6.94. The number of nitrogens with two attached hydrogens (primary N) is 1. The summed E-state index contributed by atoms with van der Waals surface area (Å²) in [5.74, 6) is 4.60. The molecule has 1 atom stereocenters. The highest BCUT2D eigenvalue weighted by Crippen LogP contribution is 2.01. The van der Waals surface area contributed by atoms with Crippen molar-refractivity contribution >= 4 is 17.6 Å². The van der Waals surface area contributed by atoms with E-state index in [-0.39, 0.29) is 5.88 Å². The van der Waals surface area contributed by atoms with E-state index in [2.05, 4.69) is 6.92 Å². The van der Waals surface area contributed by atoms with E-state index in [1.165, 1.54) is 5.01 Å². The molecule has 0 aromatic rings. The molecule has 0 aliphatic heterocycles. The summed E-state index contributed by atoms with van der Waals surface area (Å²) in [4.78, 5) is 10.6. The van der Waals surface area contributed by atoms with E-state index in [0.29, 0.717) is 6.54 Å². The summed E-state index contributed by atoms with van der Waals surface area (Å²) < 4.78 is 0. The maximum absolute atomic E-state index is 10.6. The van der Waals surface area contributed by atoms with Crippen LogP contribution in [0.5, 0.6) is 0 Å². The Morgan fingerprint density at radius 3 is 2.62 bits per heavy atom. The summed E-state index contributed by atoms with van der Waals surface area (Å²) in [6, 6.07) is -0.765. The summed E-state index contributed by atoms with van der Waals surface area (Å²) in [6.45, 7) is 2.66. The number of alkyl halides is 1. The van der Waals surface area contributed by atoms with Crippen molar-refractivity contribution in [3.63, 3.8) is 0 Å². The smallest absolute Gasteiger partial charge is 0.323 e. The van der Waals surface area contributed by atoms with E-state index in [1.807, 2.05) is 0 Å². The van der Waals surface area contributed by atoms with Crippen molar-refractivity contribution in [3.05, 3.63) is 0 Å². The highest BCUT2D eigenvalue weighted by Gasteiger charge is 2.21. The first-order chi connectivity index (χ1) is 6.13. The van der Waals surface area contributed by atoms with Crippen LogP contribution in [-0.4, -0.2) is 34.6 Å². The van der Waals surface area contributed by atoms with Gasteiger partial charge >= 0.3 is 5.97 Å². The molecular weight excluding hydrogens is 192 g/mol. The number of nitrogens with zero attached hydrogens (tertiary/aromatic N) is 1. The minimum atomic E-state index is -0.964. The van der Waals surface area contributed by atoms with E-state index >= 15 is 0 Å². The van der Waals surface area contributed by atoms with E-state index in [4.69, 9.17) is 22.6 Å². The normalized spacial score (nSPS) is 13.2. The zero-order chi connectivity index (χ0) is 10.3. The van der Waals surface area contributed by atoms with Crippen molar-refractivity contribution in [2.45, 2.75) is 32.2 Å². The Bertz CT molecular complexity index is 155. The monoisotopic (exact) mass is 208 g/mol. The number of hydrogen-bond acceptors (Lipinski definition) is 3. The molecule has 0 radical (unpaired) electrons. The maximum atomic E-state index is 10.6. The highest BCUT2D eigenvalue weighted by atomic mass is 35.5.